The Kier molecular flexibility index (Phi) is 6.44. The largest absolute Gasteiger partial charge is 0.493 e. The Labute approximate surface area is 210 Å². The number of nitrogens with one attached hydrogen (secondary N) is 1. The van der Waals surface area contributed by atoms with E-state index in [0.717, 1.165) is 11.1 Å². The van der Waals surface area contributed by atoms with Gasteiger partial charge in [0.2, 0.25) is 0 Å². The maximum Gasteiger partial charge on any atom is 0.175 e. The van der Waals surface area contributed by atoms with Crippen LogP contribution in [0.5, 0.6) is 5.75 Å². The topological polar surface area (TPSA) is 67.8 Å². The molecule has 34 heavy (non-hydrogen) atoms. The van der Waals surface area contributed by atoms with Crippen molar-refractivity contribution >= 4 is 38.9 Å². The first kappa shape index (κ1) is 24.6. The van der Waals surface area contributed by atoms with E-state index in [4.69, 9.17) is 32.9 Å². The average Bonchev–Trinajstić information content (AvgIpc) is 3.07. The Morgan fingerprint density at radius 1 is 0.912 bits per heavy atom. The Morgan fingerprint density at radius 3 is 2.00 bits per heavy atom. The van der Waals surface area contributed by atoms with Crippen molar-refractivity contribution in [2.45, 2.75) is 36.7 Å². The molecule has 0 saturated heterocycles. The molecule has 8 heteroatoms. The fourth-order valence-electron chi connectivity index (χ4n) is 4.32. The van der Waals surface area contributed by atoms with E-state index in [1.165, 1.54) is 6.26 Å². The van der Waals surface area contributed by atoms with Gasteiger partial charge in [0, 0.05) is 16.3 Å². The number of sulfone groups is 1. The molecule has 0 saturated carbocycles. The highest BCUT2D eigenvalue weighted by molar-refractivity contribution is 7.90. The number of rotatable bonds is 6. The summed E-state index contributed by atoms with van der Waals surface area (Å²) in [7, 11) is -3.43. The molecule has 0 fully saturated rings. The second-order valence-electron chi connectivity index (χ2n) is 8.66. The summed E-state index contributed by atoms with van der Waals surface area (Å²) >= 11 is 12.3. The molecule has 0 aliphatic carbocycles. The SMILES string of the molecule is CCOc1ccc(S(C)(=O)=O)cc1C1=N[C@@](C)(c2ccc(Cl)cc2)[C@@](C)(c2ccc(Cl)cc2)N1. The van der Waals surface area contributed by atoms with Gasteiger partial charge in [-0.25, -0.2) is 8.42 Å². The van der Waals surface area contributed by atoms with E-state index in [1.807, 2.05) is 62.4 Å². The summed E-state index contributed by atoms with van der Waals surface area (Å²) < 4.78 is 30.5. The van der Waals surface area contributed by atoms with Crippen LogP contribution in [0.25, 0.3) is 0 Å². The maximum absolute atomic E-state index is 12.3. The fourth-order valence-corrected chi connectivity index (χ4v) is 5.22. The van der Waals surface area contributed by atoms with E-state index in [2.05, 4.69) is 12.2 Å². The Hall–Kier alpha value is -2.54. The van der Waals surface area contributed by atoms with Crippen LogP contribution in [0.2, 0.25) is 10.0 Å². The molecule has 1 heterocycles. The van der Waals surface area contributed by atoms with Gasteiger partial charge in [0.05, 0.1) is 22.6 Å². The van der Waals surface area contributed by atoms with Crippen molar-refractivity contribution in [3.05, 3.63) is 93.5 Å². The van der Waals surface area contributed by atoms with Crippen molar-refractivity contribution in [2.75, 3.05) is 12.9 Å². The lowest BCUT2D eigenvalue weighted by atomic mass is 9.72. The van der Waals surface area contributed by atoms with Gasteiger partial charge in [0.25, 0.3) is 0 Å². The van der Waals surface area contributed by atoms with Gasteiger partial charge in [0.15, 0.2) is 9.84 Å². The van der Waals surface area contributed by atoms with E-state index < -0.39 is 20.9 Å². The van der Waals surface area contributed by atoms with Crippen LogP contribution in [0.15, 0.2) is 76.6 Å². The van der Waals surface area contributed by atoms with Crippen molar-refractivity contribution in [3.63, 3.8) is 0 Å². The van der Waals surface area contributed by atoms with Gasteiger partial charge < -0.3 is 10.1 Å². The van der Waals surface area contributed by atoms with Gasteiger partial charge >= 0.3 is 0 Å². The smallest absolute Gasteiger partial charge is 0.175 e. The summed E-state index contributed by atoms with van der Waals surface area (Å²) in [6.45, 7) is 6.43. The summed E-state index contributed by atoms with van der Waals surface area (Å²) in [6.07, 6.45) is 1.19. The summed E-state index contributed by atoms with van der Waals surface area (Å²) in [5.74, 6) is 1.10. The number of hydrogen-bond donors (Lipinski definition) is 1. The zero-order chi connectivity index (χ0) is 24.7. The number of amidine groups is 1. The molecule has 0 spiro atoms. The maximum atomic E-state index is 12.3. The molecule has 0 aromatic heterocycles. The molecule has 0 unspecified atom stereocenters. The predicted octanol–water partition coefficient (Wildman–Crippen LogP) is 5.98. The van der Waals surface area contributed by atoms with E-state index in [0.29, 0.717) is 33.8 Å². The van der Waals surface area contributed by atoms with E-state index in [1.54, 1.807) is 18.2 Å². The lowest BCUT2D eigenvalue weighted by Crippen LogP contribution is -2.50. The van der Waals surface area contributed by atoms with Crippen molar-refractivity contribution in [2.24, 2.45) is 4.99 Å². The lowest BCUT2D eigenvalue weighted by Gasteiger charge is -2.40. The minimum Gasteiger partial charge on any atom is -0.493 e. The quantitative estimate of drug-likeness (QED) is 0.437. The molecule has 0 bridgehead atoms. The van der Waals surface area contributed by atoms with Gasteiger partial charge in [-0.2, -0.15) is 0 Å². The second-order valence-corrected chi connectivity index (χ2v) is 11.5. The molecule has 3 aromatic rings. The van der Waals surface area contributed by atoms with E-state index in [9.17, 15) is 8.42 Å². The van der Waals surface area contributed by atoms with Crippen LogP contribution in [0.1, 0.15) is 37.5 Å². The molecule has 1 aliphatic heterocycles. The summed E-state index contributed by atoms with van der Waals surface area (Å²) in [4.78, 5) is 5.36. The van der Waals surface area contributed by atoms with Gasteiger partial charge in [-0.3, -0.25) is 4.99 Å². The number of aliphatic imine (C=N–C) groups is 1. The number of ether oxygens (including phenoxy) is 1. The highest BCUT2D eigenvalue weighted by atomic mass is 35.5. The van der Waals surface area contributed by atoms with E-state index in [-0.39, 0.29) is 4.90 Å². The van der Waals surface area contributed by atoms with Gasteiger partial charge in [-0.05, 0) is 74.4 Å². The number of hydrogen-bond acceptors (Lipinski definition) is 5. The minimum atomic E-state index is -3.43. The van der Waals surface area contributed by atoms with Crippen LogP contribution in [0.4, 0.5) is 0 Å². The molecule has 0 radical (unpaired) electrons. The molecule has 5 nitrogen and oxygen atoms in total. The second kappa shape index (κ2) is 8.91. The van der Waals surface area contributed by atoms with Gasteiger partial charge in [0.1, 0.15) is 17.1 Å². The zero-order valence-electron chi connectivity index (χ0n) is 19.4. The highest BCUT2D eigenvalue weighted by Gasteiger charge is 2.52. The number of halogens is 2. The van der Waals surface area contributed by atoms with Crippen LogP contribution in [0, 0.1) is 0 Å². The Morgan fingerprint density at radius 2 is 1.47 bits per heavy atom. The Bertz CT molecular complexity index is 1360. The fraction of sp³-hybridized carbons (Fsp3) is 0.269. The third-order valence-corrected chi connectivity index (χ3v) is 8.05. The molecule has 1 N–H and O–H groups in total. The molecular weight excluding hydrogens is 491 g/mol. The molecular formula is C26H26Cl2N2O3S. The third-order valence-electron chi connectivity index (χ3n) is 6.44. The minimum absolute atomic E-state index is 0.198. The summed E-state index contributed by atoms with van der Waals surface area (Å²) in [5, 5.41) is 4.87. The lowest BCUT2D eigenvalue weighted by molar-refractivity contribution is 0.268. The van der Waals surface area contributed by atoms with Crippen LogP contribution in [0.3, 0.4) is 0 Å². The van der Waals surface area contributed by atoms with E-state index >= 15 is 0 Å². The first-order chi connectivity index (χ1) is 16.0. The normalized spacial score (nSPS) is 22.2. The standard InChI is InChI=1S/C26H26Cl2N2O3S/c1-5-33-23-15-14-21(34(4,31)32)16-22(23)24-29-25(2,17-6-10-19(27)11-7-17)26(3,30-24)18-8-12-20(28)13-9-18/h6-16H,5H2,1-4H3,(H,29,30)/t25-,26+. The number of nitrogens with zero attached hydrogens (tertiary/aromatic N) is 1. The van der Waals surface area contributed by atoms with Crippen LogP contribution in [-0.4, -0.2) is 27.1 Å². The monoisotopic (exact) mass is 516 g/mol. The van der Waals surface area contributed by atoms with Gasteiger partial charge in [-0.1, -0.05) is 47.5 Å². The third kappa shape index (κ3) is 4.30. The predicted molar refractivity (Wildman–Crippen MR) is 138 cm³/mol. The van der Waals surface area contributed by atoms with Crippen LogP contribution >= 0.6 is 23.2 Å². The molecule has 4 rings (SSSR count). The first-order valence-electron chi connectivity index (χ1n) is 10.9. The number of benzene rings is 3. The average molecular weight is 517 g/mol. The van der Waals surface area contributed by atoms with Crippen molar-refractivity contribution in [3.8, 4) is 5.75 Å². The summed E-state index contributed by atoms with van der Waals surface area (Å²) in [5.41, 5.74) is 1.07. The zero-order valence-corrected chi connectivity index (χ0v) is 21.7. The summed E-state index contributed by atoms with van der Waals surface area (Å²) in [6, 6.07) is 20.1. The van der Waals surface area contributed by atoms with Crippen molar-refractivity contribution < 1.29 is 13.2 Å². The molecule has 2 atom stereocenters. The van der Waals surface area contributed by atoms with Crippen LogP contribution < -0.4 is 10.1 Å². The highest BCUT2D eigenvalue weighted by Crippen LogP contribution is 2.48. The first-order valence-corrected chi connectivity index (χ1v) is 13.5. The molecule has 0 amide bonds. The molecule has 1 aliphatic rings. The van der Waals surface area contributed by atoms with Gasteiger partial charge in [-0.15, -0.1) is 0 Å². The van der Waals surface area contributed by atoms with Crippen LogP contribution in [-0.2, 0) is 20.9 Å². The van der Waals surface area contributed by atoms with Crippen molar-refractivity contribution in [1.82, 2.24) is 5.32 Å². The Balaban J connectivity index is 1.95. The van der Waals surface area contributed by atoms with Crippen molar-refractivity contribution in [1.29, 1.82) is 0 Å². The molecule has 178 valence electrons. The molecule has 3 aromatic carbocycles.